The number of carbonyl (C=O) groups is 1. The summed E-state index contributed by atoms with van der Waals surface area (Å²) < 4.78 is 10.5. The van der Waals surface area contributed by atoms with Crippen LogP contribution in [0.25, 0.3) is 0 Å². The van der Waals surface area contributed by atoms with E-state index in [1.807, 2.05) is 18.2 Å². The average molecular weight is 246 g/mol. The molecule has 0 saturated heterocycles. The predicted molar refractivity (Wildman–Crippen MR) is 68.7 cm³/mol. The smallest absolute Gasteiger partial charge is 0.307 e. The molecular weight excluding hydrogens is 228 g/mol. The number of benzene rings is 1. The molecule has 18 heavy (non-hydrogen) atoms. The molecule has 0 unspecified atom stereocenters. The van der Waals surface area contributed by atoms with Crippen molar-refractivity contribution in [2.45, 2.75) is 26.4 Å². The molecule has 1 aromatic carbocycles. The van der Waals surface area contributed by atoms with Crippen molar-refractivity contribution >= 4 is 5.97 Å². The molecule has 1 aromatic rings. The van der Waals surface area contributed by atoms with Crippen LogP contribution in [0.3, 0.4) is 0 Å². The van der Waals surface area contributed by atoms with Crippen molar-refractivity contribution in [1.29, 1.82) is 0 Å². The third-order valence-electron chi connectivity index (χ3n) is 2.96. The Balaban J connectivity index is 1.60. The van der Waals surface area contributed by atoms with E-state index in [1.54, 1.807) is 6.26 Å². The van der Waals surface area contributed by atoms with Crippen molar-refractivity contribution < 1.29 is 14.3 Å². The van der Waals surface area contributed by atoms with Gasteiger partial charge >= 0.3 is 5.97 Å². The van der Waals surface area contributed by atoms with E-state index in [2.05, 4.69) is 12.1 Å². The Morgan fingerprint density at radius 3 is 2.72 bits per heavy atom. The van der Waals surface area contributed by atoms with Crippen molar-refractivity contribution in [3.63, 3.8) is 0 Å². The van der Waals surface area contributed by atoms with Crippen LogP contribution in [-0.2, 0) is 20.9 Å². The van der Waals surface area contributed by atoms with E-state index in [9.17, 15) is 4.79 Å². The zero-order valence-electron chi connectivity index (χ0n) is 10.6. The summed E-state index contributed by atoms with van der Waals surface area (Å²) in [7, 11) is 0. The highest BCUT2D eigenvalue weighted by atomic mass is 16.5. The van der Waals surface area contributed by atoms with Gasteiger partial charge in [0.15, 0.2) is 0 Å². The summed E-state index contributed by atoms with van der Waals surface area (Å²) in [5.74, 6) is 0.307. The lowest BCUT2D eigenvalue weighted by atomic mass is 9.81. The Morgan fingerprint density at radius 2 is 2.06 bits per heavy atom. The highest BCUT2D eigenvalue weighted by Gasteiger charge is 2.23. The maximum atomic E-state index is 10.6. The highest BCUT2D eigenvalue weighted by Crippen LogP contribution is 2.33. The number of carbonyl (C=O) groups excluding carboxylic acids is 1. The van der Waals surface area contributed by atoms with Crippen LogP contribution in [0.1, 0.15) is 25.3 Å². The van der Waals surface area contributed by atoms with Gasteiger partial charge in [0.05, 0.1) is 19.5 Å². The summed E-state index contributed by atoms with van der Waals surface area (Å²) in [6, 6.07) is 10.2. The maximum absolute atomic E-state index is 10.6. The molecule has 1 aliphatic rings. The zero-order valence-corrected chi connectivity index (χ0v) is 10.6. The second-order valence-corrected chi connectivity index (χ2v) is 4.66. The second-order valence-electron chi connectivity index (χ2n) is 4.66. The molecule has 0 aliphatic heterocycles. The molecule has 2 rings (SSSR count). The molecule has 0 spiro atoms. The van der Waals surface area contributed by atoms with Gasteiger partial charge in [-0.25, -0.2) is 0 Å². The second kappa shape index (κ2) is 6.36. The summed E-state index contributed by atoms with van der Waals surface area (Å²) in [6.45, 7) is 2.85. The standard InChI is InChI=1S/C15H18O3/c1-12(16)18-11-15-7-14(8-15)10-17-9-13-5-3-2-4-6-13/h2-6,11,14H,7-10H2,1H3. The van der Waals surface area contributed by atoms with E-state index in [0.29, 0.717) is 12.5 Å². The third-order valence-corrected chi connectivity index (χ3v) is 2.96. The quantitative estimate of drug-likeness (QED) is 0.591. The fourth-order valence-corrected chi connectivity index (χ4v) is 1.98. The molecule has 0 N–H and O–H groups in total. The van der Waals surface area contributed by atoms with Gasteiger partial charge in [-0.05, 0) is 29.9 Å². The first kappa shape index (κ1) is 12.8. The first-order valence-corrected chi connectivity index (χ1v) is 6.21. The largest absolute Gasteiger partial charge is 0.435 e. The Labute approximate surface area is 107 Å². The van der Waals surface area contributed by atoms with Crippen LogP contribution in [0.2, 0.25) is 0 Å². The van der Waals surface area contributed by atoms with Gasteiger partial charge in [-0.15, -0.1) is 0 Å². The van der Waals surface area contributed by atoms with Gasteiger partial charge in [-0.2, -0.15) is 0 Å². The average Bonchev–Trinajstić information content (AvgIpc) is 2.32. The number of hydrogen-bond donors (Lipinski definition) is 0. The van der Waals surface area contributed by atoms with Crippen LogP contribution in [0.4, 0.5) is 0 Å². The fraction of sp³-hybridized carbons (Fsp3) is 0.400. The number of hydrogen-bond acceptors (Lipinski definition) is 3. The van der Waals surface area contributed by atoms with Crippen LogP contribution in [0.15, 0.2) is 42.2 Å². The van der Waals surface area contributed by atoms with Crippen molar-refractivity contribution in [3.05, 3.63) is 47.7 Å². The van der Waals surface area contributed by atoms with Gasteiger partial charge in [-0.3, -0.25) is 4.79 Å². The van der Waals surface area contributed by atoms with Crippen molar-refractivity contribution in [1.82, 2.24) is 0 Å². The normalized spacial score (nSPS) is 18.1. The molecule has 1 saturated carbocycles. The Bertz CT molecular complexity index is 415. The topological polar surface area (TPSA) is 35.5 Å². The van der Waals surface area contributed by atoms with Crippen LogP contribution in [0.5, 0.6) is 0 Å². The monoisotopic (exact) mass is 246 g/mol. The lowest BCUT2D eigenvalue weighted by Crippen LogP contribution is -2.20. The molecule has 0 atom stereocenters. The molecule has 1 aliphatic carbocycles. The maximum Gasteiger partial charge on any atom is 0.307 e. The molecule has 0 radical (unpaired) electrons. The lowest BCUT2D eigenvalue weighted by Gasteiger charge is -2.28. The number of rotatable bonds is 5. The first-order chi connectivity index (χ1) is 8.74. The van der Waals surface area contributed by atoms with Crippen LogP contribution >= 0.6 is 0 Å². The Kier molecular flexibility index (Phi) is 4.53. The lowest BCUT2D eigenvalue weighted by molar-refractivity contribution is -0.135. The van der Waals surface area contributed by atoms with Crippen molar-refractivity contribution in [2.24, 2.45) is 5.92 Å². The molecule has 1 fully saturated rings. The van der Waals surface area contributed by atoms with Crippen molar-refractivity contribution in [3.8, 4) is 0 Å². The minimum absolute atomic E-state index is 0.258. The molecule has 3 heteroatoms. The predicted octanol–water partition coefficient (Wildman–Crippen LogP) is 3.06. The minimum Gasteiger partial charge on any atom is -0.435 e. The van der Waals surface area contributed by atoms with E-state index < -0.39 is 0 Å². The van der Waals surface area contributed by atoms with Crippen LogP contribution in [0, 0.1) is 5.92 Å². The SMILES string of the molecule is CC(=O)OC=C1CC(COCc2ccccc2)C1. The summed E-state index contributed by atoms with van der Waals surface area (Å²) >= 11 is 0. The highest BCUT2D eigenvalue weighted by molar-refractivity contribution is 5.66. The summed E-state index contributed by atoms with van der Waals surface area (Å²) in [5.41, 5.74) is 2.39. The third kappa shape index (κ3) is 4.00. The number of ether oxygens (including phenoxy) is 2. The molecule has 0 heterocycles. The molecule has 0 aromatic heterocycles. The van der Waals surface area contributed by atoms with Gasteiger partial charge in [0.1, 0.15) is 0 Å². The van der Waals surface area contributed by atoms with E-state index in [4.69, 9.17) is 9.47 Å². The van der Waals surface area contributed by atoms with E-state index in [1.165, 1.54) is 18.1 Å². The summed E-state index contributed by atoms with van der Waals surface area (Å²) in [6.07, 6.45) is 3.53. The molecular formula is C15H18O3. The number of esters is 1. The number of allylic oxidation sites excluding steroid dienone is 1. The van der Waals surface area contributed by atoms with E-state index >= 15 is 0 Å². The van der Waals surface area contributed by atoms with Gasteiger partial charge in [0.2, 0.25) is 0 Å². The van der Waals surface area contributed by atoms with Gasteiger partial charge in [0, 0.05) is 6.92 Å². The Hall–Kier alpha value is -1.61. The van der Waals surface area contributed by atoms with E-state index in [-0.39, 0.29) is 5.97 Å². The summed E-state index contributed by atoms with van der Waals surface area (Å²) in [4.78, 5) is 10.6. The summed E-state index contributed by atoms with van der Waals surface area (Å²) in [5, 5.41) is 0. The molecule has 0 bridgehead atoms. The van der Waals surface area contributed by atoms with Crippen LogP contribution in [-0.4, -0.2) is 12.6 Å². The van der Waals surface area contributed by atoms with Gasteiger partial charge in [0.25, 0.3) is 0 Å². The molecule has 0 amide bonds. The molecule has 3 nitrogen and oxygen atoms in total. The molecule has 96 valence electrons. The van der Waals surface area contributed by atoms with Gasteiger partial charge < -0.3 is 9.47 Å². The zero-order chi connectivity index (χ0) is 12.8. The van der Waals surface area contributed by atoms with Crippen LogP contribution < -0.4 is 0 Å². The van der Waals surface area contributed by atoms with Crippen molar-refractivity contribution in [2.75, 3.05) is 6.61 Å². The Morgan fingerprint density at radius 1 is 1.33 bits per heavy atom. The van der Waals surface area contributed by atoms with E-state index in [0.717, 1.165) is 19.4 Å². The van der Waals surface area contributed by atoms with Gasteiger partial charge in [-0.1, -0.05) is 30.3 Å². The fourth-order valence-electron chi connectivity index (χ4n) is 1.98. The first-order valence-electron chi connectivity index (χ1n) is 6.21. The minimum atomic E-state index is -0.258.